The highest BCUT2D eigenvalue weighted by Crippen LogP contribution is 2.32. The van der Waals surface area contributed by atoms with Gasteiger partial charge < -0.3 is 14.5 Å². The van der Waals surface area contributed by atoms with Crippen molar-refractivity contribution in [3.05, 3.63) is 35.9 Å². The number of ether oxygens (including phenoxy) is 1. The van der Waals surface area contributed by atoms with Crippen molar-refractivity contribution in [2.45, 2.75) is 31.6 Å². The van der Waals surface area contributed by atoms with Gasteiger partial charge in [0.15, 0.2) is 0 Å². The molecule has 1 amide bonds. The van der Waals surface area contributed by atoms with Gasteiger partial charge in [-0.1, -0.05) is 30.3 Å². The third-order valence-electron chi connectivity index (χ3n) is 7.03. The van der Waals surface area contributed by atoms with Gasteiger partial charge in [0.1, 0.15) is 5.84 Å². The van der Waals surface area contributed by atoms with Crippen LogP contribution in [0.5, 0.6) is 0 Å². The van der Waals surface area contributed by atoms with Crippen molar-refractivity contribution in [1.29, 1.82) is 5.26 Å². The summed E-state index contributed by atoms with van der Waals surface area (Å²) in [6.45, 7) is 4.13. The maximum Gasteiger partial charge on any atom is 0.310 e. The van der Waals surface area contributed by atoms with E-state index in [1.54, 1.807) is 0 Å². The van der Waals surface area contributed by atoms with Gasteiger partial charge in [-0.15, -0.1) is 0 Å². The molecule has 170 valence electrons. The summed E-state index contributed by atoms with van der Waals surface area (Å²) in [6, 6.07) is 10.3. The smallest absolute Gasteiger partial charge is 0.310 e. The number of carbonyl (C=O) groups excluding carboxylic acids is 2. The zero-order valence-corrected chi connectivity index (χ0v) is 18.7. The molecule has 3 fully saturated rings. The first-order chi connectivity index (χ1) is 15.6. The Morgan fingerprint density at radius 2 is 1.94 bits per heavy atom. The molecule has 8 nitrogen and oxygen atoms in total. The van der Waals surface area contributed by atoms with Gasteiger partial charge in [0.2, 0.25) is 12.1 Å². The Labute approximate surface area is 189 Å². The lowest BCUT2D eigenvalue weighted by atomic mass is 9.84. The number of hydrogen-bond donors (Lipinski definition) is 0. The number of amidine groups is 1. The third kappa shape index (κ3) is 4.78. The van der Waals surface area contributed by atoms with Crippen LogP contribution in [0, 0.1) is 23.3 Å². The van der Waals surface area contributed by atoms with E-state index in [-0.39, 0.29) is 17.8 Å². The van der Waals surface area contributed by atoms with Gasteiger partial charge in [0, 0.05) is 45.1 Å². The molecule has 0 bridgehead atoms. The predicted octanol–water partition coefficient (Wildman–Crippen LogP) is 2.05. The number of nitriles is 1. The van der Waals surface area contributed by atoms with Crippen molar-refractivity contribution in [3.8, 4) is 6.19 Å². The molecule has 3 aliphatic heterocycles. The summed E-state index contributed by atoms with van der Waals surface area (Å²) >= 11 is 0. The van der Waals surface area contributed by atoms with Crippen molar-refractivity contribution in [2.75, 3.05) is 46.5 Å². The van der Waals surface area contributed by atoms with Gasteiger partial charge in [0.05, 0.1) is 25.6 Å². The standard InChI is InChI=1S/C24H31N5O3/c1-32-24(31)21-15-27(17-29-11-5-8-22(29)26-16-25)12-10-20(21)23(30)28-13-9-19(14-28)18-6-3-2-4-7-18/h2-4,6-7,19-21H,5,8-15,17H2,1H3/t19-,20?,21?/m0/s1. The van der Waals surface area contributed by atoms with E-state index in [4.69, 9.17) is 10.00 Å². The van der Waals surface area contributed by atoms with Crippen LogP contribution >= 0.6 is 0 Å². The minimum absolute atomic E-state index is 0.0754. The molecule has 3 aliphatic rings. The number of piperidine rings is 1. The van der Waals surface area contributed by atoms with Crippen molar-refractivity contribution in [1.82, 2.24) is 14.7 Å². The fourth-order valence-corrected chi connectivity index (χ4v) is 5.32. The topological polar surface area (TPSA) is 89.2 Å². The SMILES string of the molecule is COC(=O)C1CN(CN2CCCC2=NC#N)CCC1C(=O)N1CC[C@H](c2ccccc2)C1. The van der Waals surface area contributed by atoms with Gasteiger partial charge in [0.25, 0.3) is 0 Å². The fraction of sp³-hybridized carbons (Fsp3) is 0.583. The molecule has 3 saturated heterocycles. The van der Waals surface area contributed by atoms with Gasteiger partial charge in [-0.25, -0.2) is 0 Å². The summed E-state index contributed by atoms with van der Waals surface area (Å²) in [4.78, 5) is 36.2. The average Bonchev–Trinajstić information content (AvgIpc) is 3.49. The van der Waals surface area contributed by atoms with Crippen molar-refractivity contribution in [2.24, 2.45) is 16.8 Å². The van der Waals surface area contributed by atoms with Crippen molar-refractivity contribution < 1.29 is 14.3 Å². The zero-order valence-electron chi connectivity index (χ0n) is 18.7. The van der Waals surface area contributed by atoms with Crippen LogP contribution in [0.2, 0.25) is 0 Å². The largest absolute Gasteiger partial charge is 0.469 e. The van der Waals surface area contributed by atoms with Crippen molar-refractivity contribution >= 4 is 17.7 Å². The molecule has 0 aromatic heterocycles. The Balaban J connectivity index is 1.40. The van der Waals surface area contributed by atoms with Gasteiger partial charge >= 0.3 is 5.97 Å². The molecule has 3 atom stereocenters. The number of amides is 1. The third-order valence-corrected chi connectivity index (χ3v) is 7.03. The fourth-order valence-electron chi connectivity index (χ4n) is 5.32. The molecule has 8 heteroatoms. The van der Waals surface area contributed by atoms with Crippen LogP contribution in [-0.4, -0.2) is 78.9 Å². The highest BCUT2D eigenvalue weighted by atomic mass is 16.5. The first-order valence-electron chi connectivity index (χ1n) is 11.4. The number of likely N-dealkylation sites (tertiary alicyclic amines) is 3. The predicted molar refractivity (Wildman–Crippen MR) is 119 cm³/mol. The summed E-state index contributed by atoms with van der Waals surface area (Å²) in [6.07, 6.45) is 5.25. The molecule has 1 aromatic carbocycles. The highest BCUT2D eigenvalue weighted by molar-refractivity contribution is 5.86. The number of esters is 1. The van der Waals surface area contributed by atoms with Crippen molar-refractivity contribution in [3.63, 3.8) is 0 Å². The summed E-state index contributed by atoms with van der Waals surface area (Å²) in [5.74, 6) is 0.0924. The number of rotatable bonds is 5. The van der Waals surface area contributed by atoms with E-state index in [0.717, 1.165) is 44.7 Å². The Bertz CT molecular complexity index is 897. The molecule has 3 heterocycles. The van der Waals surface area contributed by atoms with E-state index < -0.39 is 5.92 Å². The molecule has 0 spiro atoms. The van der Waals surface area contributed by atoms with Gasteiger partial charge in [-0.2, -0.15) is 10.3 Å². The first-order valence-corrected chi connectivity index (χ1v) is 11.4. The second-order valence-corrected chi connectivity index (χ2v) is 8.92. The number of nitrogens with zero attached hydrogens (tertiary/aromatic N) is 5. The Hall–Kier alpha value is -2.92. The van der Waals surface area contributed by atoms with E-state index in [0.29, 0.717) is 32.1 Å². The molecule has 0 aliphatic carbocycles. The van der Waals surface area contributed by atoms with Gasteiger partial charge in [-0.3, -0.25) is 14.5 Å². The Morgan fingerprint density at radius 1 is 1.12 bits per heavy atom. The summed E-state index contributed by atoms with van der Waals surface area (Å²) < 4.78 is 5.08. The number of aliphatic imine (C=N–C) groups is 1. The lowest BCUT2D eigenvalue weighted by Gasteiger charge is -2.39. The van der Waals surface area contributed by atoms with Crippen LogP contribution in [-0.2, 0) is 14.3 Å². The lowest BCUT2D eigenvalue weighted by molar-refractivity contribution is -0.156. The molecule has 0 saturated carbocycles. The number of hydrogen-bond acceptors (Lipinski definition) is 6. The van der Waals surface area contributed by atoms with E-state index in [1.165, 1.54) is 12.7 Å². The molecule has 0 N–H and O–H groups in total. The molecule has 32 heavy (non-hydrogen) atoms. The quantitative estimate of drug-likeness (QED) is 0.517. The zero-order chi connectivity index (χ0) is 22.5. The van der Waals surface area contributed by atoms with Crippen LogP contribution in [0.3, 0.4) is 0 Å². The molecule has 0 radical (unpaired) electrons. The normalized spacial score (nSPS) is 27.5. The minimum atomic E-state index is -0.476. The monoisotopic (exact) mass is 437 g/mol. The second kappa shape index (κ2) is 10.1. The Morgan fingerprint density at radius 3 is 2.69 bits per heavy atom. The molecule has 4 rings (SSSR count). The van der Waals surface area contributed by atoms with E-state index in [9.17, 15) is 9.59 Å². The molecule has 1 aromatic rings. The molecule has 2 unspecified atom stereocenters. The number of methoxy groups -OCH3 is 1. The van der Waals surface area contributed by atoms with Crippen LogP contribution in [0.1, 0.15) is 37.2 Å². The Kier molecular flexibility index (Phi) is 7.05. The van der Waals surface area contributed by atoms with Crippen LogP contribution in [0.25, 0.3) is 0 Å². The first kappa shape index (κ1) is 22.3. The molecular formula is C24H31N5O3. The van der Waals surface area contributed by atoms with Crippen LogP contribution in [0.15, 0.2) is 35.3 Å². The van der Waals surface area contributed by atoms with Crippen LogP contribution < -0.4 is 0 Å². The maximum atomic E-state index is 13.4. The number of carbonyl (C=O) groups is 2. The summed E-state index contributed by atoms with van der Waals surface area (Å²) in [5.41, 5.74) is 1.27. The molecular weight excluding hydrogens is 406 g/mol. The van der Waals surface area contributed by atoms with E-state index >= 15 is 0 Å². The maximum absolute atomic E-state index is 13.4. The summed E-state index contributed by atoms with van der Waals surface area (Å²) in [5, 5.41) is 8.91. The lowest BCUT2D eigenvalue weighted by Crippen LogP contribution is -2.52. The number of benzene rings is 1. The van der Waals surface area contributed by atoms with E-state index in [1.807, 2.05) is 29.3 Å². The highest BCUT2D eigenvalue weighted by Gasteiger charge is 2.43. The van der Waals surface area contributed by atoms with Crippen LogP contribution in [0.4, 0.5) is 0 Å². The second-order valence-electron chi connectivity index (χ2n) is 8.92. The average molecular weight is 438 g/mol. The van der Waals surface area contributed by atoms with Gasteiger partial charge in [-0.05, 0) is 24.8 Å². The minimum Gasteiger partial charge on any atom is -0.469 e. The summed E-state index contributed by atoms with van der Waals surface area (Å²) in [7, 11) is 1.39. The van der Waals surface area contributed by atoms with E-state index in [2.05, 4.69) is 26.9 Å².